The lowest BCUT2D eigenvalue weighted by molar-refractivity contribution is 0.247. The molecule has 0 amide bonds. The molecule has 122 valence electrons. The van der Waals surface area contributed by atoms with Crippen LogP contribution in [0.2, 0.25) is 0 Å². The summed E-state index contributed by atoms with van der Waals surface area (Å²) >= 11 is 0. The van der Waals surface area contributed by atoms with Crippen LogP contribution in [0.3, 0.4) is 0 Å². The number of hydrogen-bond acceptors (Lipinski definition) is 2. The summed E-state index contributed by atoms with van der Waals surface area (Å²) in [7, 11) is 4.06. The predicted molar refractivity (Wildman–Crippen MR) is 94.4 cm³/mol. The highest BCUT2D eigenvalue weighted by Crippen LogP contribution is 2.26. The van der Waals surface area contributed by atoms with E-state index in [2.05, 4.69) is 64.8 Å². The molecule has 0 aromatic heterocycles. The first kappa shape index (κ1) is 16.8. The van der Waals surface area contributed by atoms with E-state index in [4.69, 9.17) is 0 Å². The minimum atomic E-state index is 0.537. The number of guanidine groups is 1. The van der Waals surface area contributed by atoms with Crippen molar-refractivity contribution in [3.63, 3.8) is 0 Å². The van der Waals surface area contributed by atoms with Gasteiger partial charge in [-0.2, -0.15) is 0 Å². The number of hydrogen-bond donors (Lipinski definition) is 2. The lowest BCUT2D eigenvalue weighted by Crippen LogP contribution is -2.45. The van der Waals surface area contributed by atoms with Crippen LogP contribution in [0.15, 0.2) is 35.3 Å². The van der Waals surface area contributed by atoms with Gasteiger partial charge in [0.1, 0.15) is 0 Å². The van der Waals surface area contributed by atoms with Crippen molar-refractivity contribution in [2.45, 2.75) is 44.7 Å². The van der Waals surface area contributed by atoms with Gasteiger partial charge in [-0.25, -0.2) is 0 Å². The summed E-state index contributed by atoms with van der Waals surface area (Å²) in [5.74, 6) is 0.907. The summed E-state index contributed by atoms with van der Waals surface area (Å²) in [4.78, 5) is 6.77. The number of aliphatic imine (C=N–C) groups is 1. The van der Waals surface area contributed by atoms with Crippen molar-refractivity contribution in [3.8, 4) is 0 Å². The quantitative estimate of drug-likeness (QED) is 0.440. The normalized spacial score (nSPS) is 16.6. The smallest absolute Gasteiger partial charge is 0.191 e. The Bertz CT molecular complexity index is 453. The first-order valence-electron chi connectivity index (χ1n) is 8.41. The molecule has 1 atom stereocenters. The van der Waals surface area contributed by atoms with Crippen molar-refractivity contribution in [3.05, 3.63) is 35.9 Å². The third kappa shape index (κ3) is 5.68. The molecule has 1 aromatic rings. The first-order valence-corrected chi connectivity index (χ1v) is 8.41. The molecule has 22 heavy (non-hydrogen) atoms. The third-order valence-electron chi connectivity index (χ3n) is 4.38. The summed E-state index contributed by atoms with van der Waals surface area (Å²) in [6.07, 6.45) is 4.93. The molecule has 0 bridgehead atoms. The Balaban J connectivity index is 1.60. The van der Waals surface area contributed by atoms with Gasteiger partial charge in [0.2, 0.25) is 0 Å². The lowest BCUT2D eigenvalue weighted by Gasteiger charge is -2.25. The van der Waals surface area contributed by atoms with E-state index in [0.717, 1.165) is 37.9 Å². The highest BCUT2D eigenvalue weighted by molar-refractivity contribution is 5.79. The van der Waals surface area contributed by atoms with E-state index in [1.165, 1.54) is 18.4 Å². The zero-order valence-corrected chi connectivity index (χ0v) is 14.2. The van der Waals surface area contributed by atoms with E-state index in [1.54, 1.807) is 0 Å². The molecule has 1 aliphatic rings. The standard InChI is InChI=1S/C18H30N4/c1-15(22(3)17-11-12-17)14-21-18(19-2)20-13-7-10-16-8-5-4-6-9-16/h4-6,8-9,15,17H,7,10-14H2,1-3H3,(H2,19,20,21). The minimum Gasteiger partial charge on any atom is -0.356 e. The van der Waals surface area contributed by atoms with E-state index >= 15 is 0 Å². The van der Waals surface area contributed by atoms with Crippen LogP contribution in [0.1, 0.15) is 31.7 Å². The third-order valence-corrected chi connectivity index (χ3v) is 4.38. The molecule has 0 spiro atoms. The monoisotopic (exact) mass is 302 g/mol. The fourth-order valence-electron chi connectivity index (χ4n) is 2.59. The summed E-state index contributed by atoms with van der Waals surface area (Å²) in [6.45, 7) is 4.15. The number of rotatable bonds is 8. The van der Waals surface area contributed by atoms with Crippen molar-refractivity contribution in [1.29, 1.82) is 0 Å². The molecule has 2 rings (SSSR count). The first-order chi connectivity index (χ1) is 10.7. The van der Waals surface area contributed by atoms with Gasteiger partial charge in [-0.05, 0) is 45.2 Å². The second kappa shape index (κ2) is 8.79. The summed E-state index contributed by atoms with van der Waals surface area (Å²) < 4.78 is 0. The van der Waals surface area contributed by atoms with Gasteiger partial charge in [0.25, 0.3) is 0 Å². The fraction of sp³-hybridized carbons (Fsp3) is 0.611. The SMILES string of the molecule is CN=C(NCCCc1ccccc1)NCC(C)N(C)C1CC1. The Morgan fingerprint density at radius 2 is 2.00 bits per heavy atom. The van der Waals surface area contributed by atoms with Gasteiger partial charge < -0.3 is 10.6 Å². The Hall–Kier alpha value is -1.55. The molecule has 4 nitrogen and oxygen atoms in total. The van der Waals surface area contributed by atoms with Gasteiger partial charge >= 0.3 is 0 Å². The van der Waals surface area contributed by atoms with E-state index in [0.29, 0.717) is 6.04 Å². The molecule has 0 heterocycles. The number of likely N-dealkylation sites (N-methyl/N-ethyl adjacent to an activating group) is 1. The predicted octanol–water partition coefficient (Wildman–Crippen LogP) is 2.27. The van der Waals surface area contributed by atoms with Crippen LogP contribution in [-0.2, 0) is 6.42 Å². The number of nitrogens with zero attached hydrogens (tertiary/aromatic N) is 2. The van der Waals surface area contributed by atoms with Crippen LogP contribution in [0.25, 0.3) is 0 Å². The molecule has 4 heteroatoms. The van der Waals surface area contributed by atoms with Gasteiger partial charge in [-0.3, -0.25) is 9.89 Å². The van der Waals surface area contributed by atoms with Crippen molar-refractivity contribution in [2.75, 3.05) is 27.2 Å². The Morgan fingerprint density at radius 1 is 1.27 bits per heavy atom. The molecule has 0 radical (unpaired) electrons. The Morgan fingerprint density at radius 3 is 2.64 bits per heavy atom. The number of nitrogens with one attached hydrogen (secondary N) is 2. The fourth-order valence-corrected chi connectivity index (χ4v) is 2.59. The van der Waals surface area contributed by atoms with Gasteiger partial charge in [0, 0.05) is 32.2 Å². The molecule has 0 saturated heterocycles. The van der Waals surface area contributed by atoms with E-state index in [1.807, 2.05) is 7.05 Å². The average molecular weight is 302 g/mol. The van der Waals surface area contributed by atoms with Crippen molar-refractivity contribution in [2.24, 2.45) is 4.99 Å². The van der Waals surface area contributed by atoms with Gasteiger partial charge in [-0.15, -0.1) is 0 Å². The second-order valence-corrected chi connectivity index (χ2v) is 6.21. The summed E-state index contributed by atoms with van der Waals surface area (Å²) in [5.41, 5.74) is 1.40. The summed E-state index contributed by atoms with van der Waals surface area (Å²) in [6, 6.07) is 12.0. The maximum absolute atomic E-state index is 4.30. The molecular weight excluding hydrogens is 272 g/mol. The van der Waals surface area contributed by atoms with Gasteiger partial charge in [0.15, 0.2) is 5.96 Å². The molecule has 1 unspecified atom stereocenters. The van der Waals surface area contributed by atoms with Gasteiger partial charge in [0.05, 0.1) is 0 Å². The lowest BCUT2D eigenvalue weighted by atomic mass is 10.1. The molecule has 1 saturated carbocycles. The molecule has 1 aliphatic carbocycles. The van der Waals surface area contributed by atoms with E-state index in [9.17, 15) is 0 Å². The Kier molecular flexibility index (Phi) is 6.72. The molecular formula is C18H30N4. The zero-order valence-electron chi connectivity index (χ0n) is 14.2. The van der Waals surface area contributed by atoms with Crippen LogP contribution in [0.5, 0.6) is 0 Å². The Labute approximate surface area is 135 Å². The van der Waals surface area contributed by atoms with Crippen molar-refractivity contribution < 1.29 is 0 Å². The molecule has 0 aliphatic heterocycles. The largest absolute Gasteiger partial charge is 0.356 e. The number of aryl methyl sites for hydroxylation is 1. The topological polar surface area (TPSA) is 39.7 Å². The molecule has 2 N–H and O–H groups in total. The van der Waals surface area contributed by atoms with Crippen molar-refractivity contribution >= 4 is 5.96 Å². The zero-order chi connectivity index (χ0) is 15.8. The van der Waals surface area contributed by atoms with Crippen LogP contribution < -0.4 is 10.6 Å². The van der Waals surface area contributed by atoms with E-state index in [-0.39, 0.29) is 0 Å². The maximum Gasteiger partial charge on any atom is 0.191 e. The highest BCUT2D eigenvalue weighted by Gasteiger charge is 2.28. The highest BCUT2D eigenvalue weighted by atomic mass is 15.2. The second-order valence-electron chi connectivity index (χ2n) is 6.21. The van der Waals surface area contributed by atoms with Crippen LogP contribution in [-0.4, -0.2) is 50.1 Å². The summed E-state index contributed by atoms with van der Waals surface area (Å²) in [5, 5.41) is 6.83. The van der Waals surface area contributed by atoms with Crippen LogP contribution in [0.4, 0.5) is 0 Å². The van der Waals surface area contributed by atoms with Gasteiger partial charge in [-0.1, -0.05) is 30.3 Å². The van der Waals surface area contributed by atoms with Crippen LogP contribution in [0, 0.1) is 0 Å². The van der Waals surface area contributed by atoms with E-state index < -0.39 is 0 Å². The average Bonchev–Trinajstić information content (AvgIpc) is 3.39. The minimum absolute atomic E-state index is 0.537. The van der Waals surface area contributed by atoms with Crippen LogP contribution >= 0.6 is 0 Å². The number of benzene rings is 1. The molecule has 1 aromatic carbocycles. The maximum atomic E-state index is 4.30. The van der Waals surface area contributed by atoms with Crippen molar-refractivity contribution in [1.82, 2.24) is 15.5 Å². The molecule has 1 fully saturated rings.